The standard InChI is InChI=1S/C20H35N5.C11H19NO.C6H11NO/c1-5-13(3)8-7-9-17(18-12-23-14(4)24-18)25-20(15-10-11-15)19(22)16(21)6-2;1-4-8(2)11(9(3)12)10-5-6-13-7-10;1-5-2-3-6(8)7-4-5/h12-14,17,21-25H,5-11H2,1-4H3;10,12H,4-7H2,1-3H3;5H,2-4H2,1H3,(H,7,8). The molecule has 3 heterocycles. The highest BCUT2D eigenvalue weighted by Crippen LogP contribution is 2.32. The molecule has 5 atom stereocenters. The van der Waals surface area contributed by atoms with Gasteiger partial charge >= 0.3 is 0 Å². The van der Waals surface area contributed by atoms with Crippen LogP contribution in [0.15, 0.2) is 34.3 Å². The van der Waals surface area contributed by atoms with E-state index in [1.54, 1.807) is 0 Å². The van der Waals surface area contributed by atoms with E-state index in [-0.39, 0.29) is 18.1 Å². The van der Waals surface area contributed by atoms with Gasteiger partial charge in [0.15, 0.2) is 0 Å². The van der Waals surface area contributed by atoms with Crippen LogP contribution in [0.4, 0.5) is 0 Å². The number of nitrogens with one attached hydrogen (secondary N) is 7. The van der Waals surface area contributed by atoms with Gasteiger partial charge in [0.05, 0.1) is 41.6 Å². The van der Waals surface area contributed by atoms with Gasteiger partial charge in [0.2, 0.25) is 5.91 Å². The van der Waals surface area contributed by atoms with Gasteiger partial charge in [0, 0.05) is 37.4 Å². The number of allylic oxidation sites excluding steroid dienone is 3. The number of hydrogen-bond donors (Lipinski definition) is 7. The van der Waals surface area contributed by atoms with Crippen LogP contribution in [0, 0.1) is 34.0 Å². The molecule has 7 N–H and O–H groups in total. The van der Waals surface area contributed by atoms with E-state index in [1.165, 1.54) is 41.7 Å². The predicted octanol–water partition coefficient (Wildman–Crippen LogP) is 7.36. The molecule has 9 nitrogen and oxygen atoms in total. The fraction of sp³-hybridized carbons (Fsp3) is 0.730. The molecule has 0 radical (unpaired) electrons. The zero-order valence-corrected chi connectivity index (χ0v) is 30.2. The van der Waals surface area contributed by atoms with Crippen LogP contribution in [0.1, 0.15) is 126 Å². The van der Waals surface area contributed by atoms with Gasteiger partial charge < -0.3 is 36.8 Å². The quantitative estimate of drug-likeness (QED) is 0.0993. The molecule has 1 amide bonds. The third-order valence-corrected chi connectivity index (χ3v) is 9.46. The molecule has 0 aromatic heterocycles. The molecule has 1 aliphatic carbocycles. The topological polar surface area (TPSA) is 146 Å². The molecular weight excluding hydrogens is 574 g/mol. The summed E-state index contributed by atoms with van der Waals surface area (Å²) in [5, 5.41) is 37.4. The first kappa shape index (κ1) is 39.2. The number of rotatable bonds is 14. The second-order valence-corrected chi connectivity index (χ2v) is 13.6. The lowest BCUT2D eigenvalue weighted by molar-refractivity contribution is -0.122. The highest BCUT2D eigenvalue weighted by molar-refractivity contribution is 6.46. The maximum absolute atomic E-state index is 10.5. The minimum absolute atomic E-state index is 0.176. The van der Waals surface area contributed by atoms with Crippen molar-refractivity contribution in [2.24, 2.45) is 17.8 Å². The van der Waals surface area contributed by atoms with Gasteiger partial charge in [-0.25, -0.2) is 0 Å². The summed E-state index contributed by atoms with van der Waals surface area (Å²) in [4.78, 5) is 10.5. The van der Waals surface area contributed by atoms with Crippen molar-refractivity contribution in [3.63, 3.8) is 0 Å². The fourth-order valence-electron chi connectivity index (χ4n) is 5.88. The number of ether oxygens (including phenoxy) is 1. The van der Waals surface area contributed by atoms with Crippen LogP contribution >= 0.6 is 0 Å². The third-order valence-electron chi connectivity index (χ3n) is 9.46. The van der Waals surface area contributed by atoms with Crippen LogP contribution in [-0.4, -0.2) is 55.0 Å². The summed E-state index contributed by atoms with van der Waals surface area (Å²) in [6.45, 7) is 19.5. The van der Waals surface area contributed by atoms with Crippen LogP contribution in [0.2, 0.25) is 0 Å². The zero-order chi connectivity index (χ0) is 34.2. The van der Waals surface area contributed by atoms with Crippen LogP contribution < -0.4 is 21.3 Å². The van der Waals surface area contributed by atoms with Crippen LogP contribution in [0.3, 0.4) is 0 Å². The van der Waals surface area contributed by atoms with Crippen molar-refractivity contribution < 1.29 is 9.53 Å². The van der Waals surface area contributed by atoms with E-state index in [0.29, 0.717) is 29.7 Å². The Morgan fingerprint density at radius 1 is 1.04 bits per heavy atom. The fourth-order valence-corrected chi connectivity index (χ4v) is 5.88. The summed E-state index contributed by atoms with van der Waals surface area (Å²) in [5.41, 5.74) is 7.48. The van der Waals surface area contributed by atoms with E-state index in [4.69, 9.17) is 21.0 Å². The first-order valence-electron chi connectivity index (χ1n) is 17.9. The van der Waals surface area contributed by atoms with Gasteiger partial charge in [-0.1, -0.05) is 59.5 Å². The van der Waals surface area contributed by atoms with Gasteiger partial charge in [0.25, 0.3) is 0 Å². The summed E-state index contributed by atoms with van der Waals surface area (Å²) >= 11 is 0. The van der Waals surface area contributed by atoms with Gasteiger partial charge in [-0.15, -0.1) is 0 Å². The van der Waals surface area contributed by atoms with Gasteiger partial charge in [-0.05, 0) is 88.7 Å². The molecule has 9 heteroatoms. The Morgan fingerprint density at radius 2 is 1.76 bits per heavy atom. The van der Waals surface area contributed by atoms with Crippen LogP contribution in [-0.2, 0) is 9.53 Å². The van der Waals surface area contributed by atoms with Crippen molar-refractivity contribution >= 4 is 23.0 Å². The first-order chi connectivity index (χ1) is 21.9. The van der Waals surface area contributed by atoms with Gasteiger partial charge in [0.1, 0.15) is 0 Å². The third kappa shape index (κ3) is 13.4. The lowest BCUT2D eigenvalue weighted by atomic mass is 9.90. The monoisotopic (exact) mass is 640 g/mol. The molecule has 2 saturated heterocycles. The number of hydrogen-bond acceptors (Lipinski definition) is 8. The van der Waals surface area contributed by atoms with E-state index in [0.717, 1.165) is 82.0 Å². The second-order valence-electron chi connectivity index (χ2n) is 13.6. The predicted molar refractivity (Wildman–Crippen MR) is 193 cm³/mol. The lowest BCUT2D eigenvalue weighted by Gasteiger charge is -2.25. The summed E-state index contributed by atoms with van der Waals surface area (Å²) in [6.07, 6.45) is 13.6. The molecule has 4 rings (SSSR count). The smallest absolute Gasteiger partial charge is 0.220 e. The van der Waals surface area contributed by atoms with E-state index in [1.807, 2.05) is 13.8 Å². The molecule has 3 fully saturated rings. The maximum atomic E-state index is 10.5. The molecule has 260 valence electrons. The molecule has 46 heavy (non-hydrogen) atoms. The number of carbonyl (C=O) groups is 1. The first-order valence-corrected chi connectivity index (χ1v) is 17.9. The Hall–Kier alpha value is -2.94. The van der Waals surface area contributed by atoms with Crippen LogP contribution in [0.25, 0.3) is 0 Å². The molecule has 4 aliphatic rings. The summed E-state index contributed by atoms with van der Waals surface area (Å²) in [6, 6.07) is 0.176. The van der Waals surface area contributed by atoms with Crippen LogP contribution in [0.5, 0.6) is 0 Å². The minimum atomic E-state index is 0.176. The molecule has 3 aliphatic heterocycles. The largest absolute Gasteiger partial charge is 0.381 e. The number of carbonyl (C=O) groups excluding carboxylic acids is 1. The van der Waals surface area contributed by atoms with Crippen molar-refractivity contribution in [2.75, 3.05) is 19.8 Å². The molecule has 0 aromatic carbocycles. The Kier molecular flexibility index (Phi) is 17.3. The Bertz CT molecular complexity index is 1120. The molecule has 0 aromatic rings. The minimum Gasteiger partial charge on any atom is -0.381 e. The summed E-state index contributed by atoms with van der Waals surface area (Å²) in [7, 11) is 0. The van der Waals surface area contributed by atoms with Gasteiger partial charge in [-0.2, -0.15) is 0 Å². The SMILES string of the molecule is CC1CCC(=O)NC1.CCC(=N)C(=N)C(NC(CCCC(C)CC)C1=CNC(C)N1)=C1CC1.CCC(C)=C(C(C)=N)C1CCOC1. The molecule has 0 bridgehead atoms. The number of amides is 1. The lowest BCUT2D eigenvalue weighted by Crippen LogP contribution is -2.40. The van der Waals surface area contributed by atoms with Crippen molar-refractivity contribution in [3.05, 3.63) is 34.3 Å². The Labute approximate surface area is 279 Å². The van der Waals surface area contributed by atoms with Crippen molar-refractivity contribution in [3.8, 4) is 0 Å². The van der Waals surface area contributed by atoms with Gasteiger partial charge in [-0.3, -0.25) is 10.2 Å². The molecule has 0 spiro atoms. The van der Waals surface area contributed by atoms with Crippen molar-refractivity contribution in [1.82, 2.24) is 21.3 Å². The van der Waals surface area contributed by atoms with E-state index in [9.17, 15) is 4.79 Å². The highest BCUT2D eigenvalue weighted by Gasteiger charge is 2.27. The Morgan fingerprint density at radius 3 is 2.22 bits per heavy atom. The summed E-state index contributed by atoms with van der Waals surface area (Å²) < 4.78 is 5.35. The van der Waals surface area contributed by atoms with E-state index < -0.39 is 0 Å². The summed E-state index contributed by atoms with van der Waals surface area (Å²) in [5.74, 6) is 2.14. The molecule has 1 saturated carbocycles. The second kappa shape index (κ2) is 20.3. The Balaban J connectivity index is 0.000000289. The maximum Gasteiger partial charge on any atom is 0.220 e. The van der Waals surface area contributed by atoms with E-state index in [2.05, 4.69) is 69.0 Å². The van der Waals surface area contributed by atoms with E-state index >= 15 is 0 Å². The normalized spacial score (nSPS) is 23.4. The van der Waals surface area contributed by atoms with Crippen molar-refractivity contribution in [2.45, 2.75) is 138 Å². The zero-order valence-electron chi connectivity index (χ0n) is 30.2. The average molecular weight is 640 g/mol. The highest BCUT2D eigenvalue weighted by atomic mass is 16.5. The molecule has 5 unspecified atom stereocenters. The van der Waals surface area contributed by atoms with Crippen molar-refractivity contribution in [1.29, 1.82) is 16.2 Å². The molecular formula is C37H65N7O2. The number of piperidine rings is 1. The average Bonchev–Trinajstić information content (AvgIpc) is 3.56.